The predicted molar refractivity (Wildman–Crippen MR) is 135 cm³/mol. The van der Waals surface area contributed by atoms with E-state index < -0.39 is 0 Å². The average molecular weight is 444 g/mol. The van der Waals surface area contributed by atoms with Crippen molar-refractivity contribution in [2.24, 2.45) is 0 Å². The highest BCUT2D eigenvalue weighted by atomic mass is 16.1. The van der Waals surface area contributed by atoms with Crippen molar-refractivity contribution in [3.63, 3.8) is 0 Å². The van der Waals surface area contributed by atoms with Gasteiger partial charge in [0, 0.05) is 52.4 Å². The molecule has 0 unspecified atom stereocenters. The molecule has 0 radical (unpaired) electrons. The van der Waals surface area contributed by atoms with E-state index in [9.17, 15) is 4.79 Å². The van der Waals surface area contributed by atoms with Crippen molar-refractivity contribution in [1.82, 2.24) is 9.88 Å². The van der Waals surface area contributed by atoms with Crippen molar-refractivity contribution in [1.29, 1.82) is 0 Å². The molecule has 6 nitrogen and oxygen atoms in total. The second kappa shape index (κ2) is 7.26. The Morgan fingerprint density at radius 3 is 2.45 bits per heavy atom. The van der Waals surface area contributed by atoms with E-state index in [1.807, 2.05) is 24.3 Å². The van der Waals surface area contributed by atoms with Gasteiger partial charge in [-0.3, -0.25) is 4.79 Å². The molecule has 2 aromatic carbocycles. The second-order valence-electron chi connectivity index (χ2n) is 10.6. The molecular formula is C27H33N5O. The highest BCUT2D eigenvalue weighted by Gasteiger charge is 2.40. The minimum absolute atomic E-state index is 0.0429. The van der Waals surface area contributed by atoms with Crippen LogP contribution in [0.5, 0.6) is 0 Å². The SMILES string of the molecule is CC1(C)c2cc(N3CCC(N4CCCC4)CC3)c(N)cc2C(=O)c2c1[nH]c1cc(N)ccc21. The van der Waals surface area contributed by atoms with E-state index in [2.05, 4.69) is 34.7 Å². The molecule has 1 aromatic heterocycles. The number of nitrogens with one attached hydrogen (secondary N) is 1. The number of anilines is 3. The normalized spacial score (nSPS) is 20.9. The van der Waals surface area contributed by atoms with Crippen molar-refractivity contribution in [2.45, 2.75) is 51.0 Å². The van der Waals surface area contributed by atoms with Crippen LogP contribution in [0.25, 0.3) is 10.9 Å². The van der Waals surface area contributed by atoms with Crippen molar-refractivity contribution >= 4 is 33.7 Å². The fourth-order valence-corrected chi connectivity index (χ4v) is 6.35. The third-order valence-electron chi connectivity index (χ3n) is 8.22. The fraction of sp³-hybridized carbons (Fsp3) is 0.444. The number of rotatable bonds is 2. The van der Waals surface area contributed by atoms with E-state index >= 15 is 0 Å². The summed E-state index contributed by atoms with van der Waals surface area (Å²) in [7, 11) is 0. The smallest absolute Gasteiger partial charge is 0.195 e. The molecule has 0 spiro atoms. The summed E-state index contributed by atoms with van der Waals surface area (Å²) < 4.78 is 0. The monoisotopic (exact) mass is 443 g/mol. The zero-order valence-electron chi connectivity index (χ0n) is 19.6. The minimum atomic E-state index is -0.345. The van der Waals surface area contributed by atoms with Gasteiger partial charge in [0.05, 0.1) is 16.9 Å². The summed E-state index contributed by atoms with van der Waals surface area (Å²) in [6, 6.07) is 10.5. The number of nitrogens with two attached hydrogens (primary N) is 2. The molecule has 33 heavy (non-hydrogen) atoms. The summed E-state index contributed by atoms with van der Waals surface area (Å²) >= 11 is 0. The Bertz CT molecular complexity index is 1260. The number of carbonyl (C=O) groups is 1. The number of hydrogen-bond donors (Lipinski definition) is 3. The molecule has 0 bridgehead atoms. The Morgan fingerprint density at radius 2 is 1.73 bits per heavy atom. The molecule has 0 amide bonds. The molecule has 0 atom stereocenters. The van der Waals surface area contributed by atoms with Crippen LogP contribution >= 0.6 is 0 Å². The predicted octanol–water partition coefficient (Wildman–Crippen LogP) is 4.27. The molecule has 3 aliphatic rings. The van der Waals surface area contributed by atoms with Crippen LogP contribution in [0.15, 0.2) is 30.3 Å². The average Bonchev–Trinajstić information content (AvgIpc) is 3.46. The molecule has 3 heterocycles. The first-order valence-corrected chi connectivity index (χ1v) is 12.2. The number of fused-ring (bicyclic) bond motifs is 4. The lowest BCUT2D eigenvalue weighted by atomic mass is 9.71. The van der Waals surface area contributed by atoms with Gasteiger partial charge >= 0.3 is 0 Å². The zero-order valence-corrected chi connectivity index (χ0v) is 19.6. The van der Waals surface area contributed by atoms with Gasteiger partial charge in [0.1, 0.15) is 0 Å². The van der Waals surface area contributed by atoms with Gasteiger partial charge in [0.25, 0.3) is 0 Å². The number of aromatic nitrogens is 1. The van der Waals surface area contributed by atoms with Crippen molar-refractivity contribution in [3.05, 3.63) is 52.7 Å². The number of nitrogen functional groups attached to an aromatic ring is 2. The Hall–Kier alpha value is -2.99. The number of nitrogens with zero attached hydrogens (tertiary/aromatic N) is 2. The molecule has 172 valence electrons. The van der Waals surface area contributed by atoms with Gasteiger partial charge in [-0.1, -0.05) is 19.9 Å². The van der Waals surface area contributed by atoms with Crippen LogP contribution in [0, 0.1) is 0 Å². The van der Waals surface area contributed by atoms with Gasteiger partial charge < -0.3 is 26.3 Å². The Balaban J connectivity index is 1.37. The molecule has 2 fully saturated rings. The standard InChI is InChI=1S/C27H33N5O/c1-27(2)20-15-23(32-11-7-17(8-12-32)31-9-3-4-10-31)21(29)14-19(20)25(33)24-18-6-5-16(28)13-22(18)30-26(24)27/h5-6,13-15,17,30H,3-4,7-12,28-29H2,1-2H3. The lowest BCUT2D eigenvalue weighted by molar-refractivity contribution is 0.103. The highest BCUT2D eigenvalue weighted by Crippen LogP contribution is 2.46. The largest absolute Gasteiger partial charge is 0.399 e. The first-order chi connectivity index (χ1) is 15.8. The van der Waals surface area contributed by atoms with Crippen LogP contribution in [-0.4, -0.2) is 47.9 Å². The van der Waals surface area contributed by atoms with Crippen molar-refractivity contribution in [3.8, 4) is 0 Å². The maximum Gasteiger partial charge on any atom is 0.195 e. The summed E-state index contributed by atoms with van der Waals surface area (Å²) in [4.78, 5) is 22.3. The Labute approximate surface area is 194 Å². The number of benzene rings is 2. The van der Waals surface area contributed by atoms with Gasteiger partial charge in [0.15, 0.2) is 5.78 Å². The third kappa shape index (κ3) is 3.07. The van der Waals surface area contributed by atoms with Crippen molar-refractivity contribution in [2.75, 3.05) is 42.5 Å². The van der Waals surface area contributed by atoms with Crippen molar-refractivity contribution < 1.29 is 4.79 Å². The van der Waals surface area contributed by atoms with Crippen LogP contribution in [0.2, 0.25) is 0 Å². The molecule has 6 rings (SSSR count). The van der Waals surface area contributed by atoms with Gasteiger partial charge in [-0.15, -0.1) is 0 Å². The Kier molecular flexibility index (Phi) is 4.53. The number of ketones is 1. The number of likely N-dealkylation sites (tertiary alicyclic amines) is 1. The maximum absolute atomic E-state index is 13.7. The number of carbonyl (C=O) groups excluding carboxylic acids is 1. The van der Waals surface area contributed by atoms with Gasteiger partial charge in [-0.05, 0) is 68.6 Å². The molecule has 5 N–H and O–H groups in total. The van der Waals surface area contributed by atoms with E-state index in [1.165, 1.54) is 38.8 Å². The fourth-order valence-electron chi connectivity index (χ4n) is 6.35. The quantitative estimate of drug-likeness (QED) is 0.515. The summed E-state index contributed by atoms with van der Waals surface area (Å²) in [6.07, 6.45) is 5.02. The molecule has 0 saturated carbocycles. The van der Waals surface area contributed by atoms with E-state index in [4.69, 9.17) is 11.5 Å². The number of aromatic amines is 1. The zero-order chi connectivity index (χ0) is 22.9. The van der Waals surface area contributed by atoms with Gasteiger partial charge in [-0.25, -0.2) is 0 Å². The van der Waals surface area contributed by atoms with Crippen LogP contribution in [-0.2, 0) is 5.41 Å². The van der Waals surface area contributed by atoms with Gasteiger partial charge in [-0.2, -0.15) is 0 Å². The highest BCUT2D eigenvalue weighted by molar-refractivity contribution is 6.20. The van der Waals surface area contributed by atoms with Crippen LogP contribution in [0.1, 0.15) is 66.7 Å². The van der Waals surface area contributed by atoms with Crippen LogP contribution in [0.3, 0.4) is 0 Å². The molecular weight excluding hydrogens is 410 g/mol. The molecule has 2 saturated heterocycles. The topological polar surface area (TPSA) is 91.4 Å². The lowest BCUT2D eigenvalue weighted by Gasteiger charge is -2.39. The summed E-state index contributed by atoms with van der Waals surface area (Å²) in [5.74, 6) is 0.0429. The molecule has 2 aliphatic heterocycles. The maximum atomic E-state index is 13.7. The minimum Gasteiger partial charge on any atom is -0.399 e. The van der Waals surface area contributed by atoms with Gasteiger partial charge in [0.2, 0.25) is 0 Å². The number of piperidine rings is 1. The van der Waals surface area contributed by atoms with Crippen LogP contribution in [0.4, 0.5) is 17.1 Å². The summed E-state index contributed by atoms with van der Waals surface area (Å²) in [6.45, 7) is 8.90. The first kappa shape index (κ1) is 20.6. The van der Waals surface area contributed by atoms with E-state index in [-0.39, 0.29) is 11.2 Å². The lowest BCUT2D eigenvalue weighted by Crippen LogP contribution is -2.44. The van der Waals surface area contributed by atoms with E-state index in [1.54, 1.807) is 0 Å². The second-order valence-corrected chi connectivity index (χ2v) is 10.6. The molecule has 6 heteroatoms. The number of H-pyrrole nitrogens is 1. The van der Waals surface area contributed by atoms with Crippen LogP contribution < -0.4 is 16.4 Å². The number of hydrogen-bond acceptors (Lipinski definition) is 5. The van der Waals surface area contributed by atoms with E-state index in [0.717, 1.165) is 52.1 Å². The first-order valence-electron chi connectivity index (χ1n) is 12.2. The summed E-state index contributed by atoms with van der Waals surface area (Å²) in [5, 5.41) is 0.926. The van der Waals surface area contributed by atoms with E-state index in [0.29, 0.717) is 17.4 Å². The third-order valence-corrected chi connectivity index (χ3v) is 8.22. The summed E-state index contributed by atoms with van der Waals surface area (Å²) in [5.41, 5.74) is 19.1. The molecule has 1 aliphatic carbocycles. The Morgan fingerprint density at radius 1 is 1.00 bits per heavy atom. The molecule has 3 aromatic rings.